The van der Waals surface area contributed by atoms with Gasteiger partial charge in [-0.15, -0.1) is 0 Å². The molecule has 0 heterocycles. The number of hydrogen-bond acceptors (Lipinski definition) is 7. The highest BCUT2D eigenvalue weighted by molar-refractivity contribution is 9.10. The third kappa shape index (κ3) is 9.09. The average molecular weight is 613 g/mol. The topological polar surface area (TPSA) is 140 Å². The monoisotopic (exact) mass is 612 g/mol. The van der Waals surface area contributed by atoms with E-state index in [0.717, 1.165) is 14.9 Å². The fourth-order valence-electron chi connectivity index (χ4n) is 3.77. The fourth-order valence-corrected chi connectivity index (χ4v) is 4.04. The summed E-state index contributed by atoms with van der Waals surface area (Å²) in [5.74, 6) is -0.216. The lowest BCUT2D eigenvalue weighted by molar-refractivity contribution is -0.384. The number of nitro benzene ring substituents is 1. The van der Waals surface area contributed by atoms with E-state index in [0.29, 0.717) is 35.7 Å². The summed E-state index contributed by atoms with van der Waals surface area (Å²) < 4.78 is 11.4. The van der Waals surface area contributed by atoms with Gasteiger partial charge in [-0.1, -0.05) is 34.1 Å². The standard InChI is InChI=1S/C28H29BrN4O7/c1-39-24-12-5-20(15-25(24)40-2)13-14-30-26(34)17-32(18-27(35)31-22-8-6-21(29)7-9-22)28(36)16-19-3-10-23(11-4-19)33(37)38/h3-12,15H,13-14,16-18H2,1-2H3,(H,30,34)(H,31,35). The van der Waals surface area contributed by atoms with Gasteiger partial charge in [0.25, 0.3) is 5.69 Å². The van der Waals surface area contributed by atoms with E-state index in [9.17, 15) is 24.5 Å². The number of methoxy groups -OCH3 is 2. The van der Waals surface area contributed by atoms with E-state index in [-0.39, 0.29) is 25.2 Å². The molecule has 0 fully saturated rings. The summed E-state index contributed by atoms with van der Waals surface area (Å²) in [5.41, 5.74) is 1.87. The average Bonchev–Trinajstić information content (AvgIpc) is 2.94. The summed E-state index contributed by atoms with van der Waals surface area (Å²) in [6.07, 6.45) is 0.370. The second-order valence-electron chi connectivity index (χ2n) is 8.69. The van der Waals surface area contributed by atoms with Crippen LogP contribution < -0.4 is 20.1 Å². The van der Waals surface area contributed by atoms with Gasteiger partial charge in [-0.2, -0.15) is 0 Å². The van der Waals surface area contributed by atoms with Crippen molar-refractivity contribution in [3.8, 4) is 11.5 Å². The first kappa shape index (κ1) is 30.1. The number of nitro groups is 1. The van der Waals surface area contributed by atoms with Gasteiger partial charge in [0.15, 0.2) is 11.5 Å². The minimum Gasteiger partial charge on any atom is -0.493 e. The molecule has 12 heteroatoms. The van der Waals surface area contributed by atoms with Crippen molar-refractivity contribution in [3.05, 3.63) is 92.4 Å². The molecule has 3 rings (SSSR count). The van der Waals surface area contributed by atoms with Crippen LogP contribution >= 0.6 is 15.9 Å². The number of hydrogen-bond donors (Lipinski definition) is 2. The Morgan fingerprint density at radius 2 is 1.50 bits per heavy atom. The third-order valence-electron chi connectivity index (χ3n) is 5.84. The van der Waals surface area contributed by atoms with Gasteiger partial charge in [0.2, 0.25) is 17.7 Å². The van der Waals surface area contributed by atoms with Gasteiger partial charge >= 0.3 is 0 Å². The zero-order chi connectivity index (χ0) is 29.1. The molecule has 0 aliphatic carbocycles. The molecule has 2 N–H and O–H groups in total. The van der Waals surface area contributed by atoms with Crippen molar-refractivity contribution >= 4 is 45.0 Å². The molecule has 40 heavy (non-hydrogen) atoms. The number of benzene rings is 3. The maximum absolute atomic E-state index is 13.1. The van der Waals surface area contributed by atoms with Gasteiger partial charge in [-0.25, -0.2) is 0 Å². The van der Waals surface area contributed by atoms with E-state index in [1.807, 2.05) is 12.1 Å². The number of amides is 3. The molecule has 0 unspecified atom stereocenters. The van der Waals surface area contributed by atoms with Gasteiger partial charge in [-0.05, 0) is 53.9 Å². The molecule has 11 nitrogen and oxygen atoms in total. The predicted octanol–water partition coefficient (Wildman–Crippen LogP) is 3.74. The van der Waals surface area contributed by atoms with E-state index in [1.54, 1.807) is 44.6 Å². The summed E-state index contributed by atoms with van der Waals surface area (Å²) in [6, 6.07) is 17.9. The van der Waals surface area contributed by atoms with Crippen LogP contribution in [0.4, 0.5) is 11.4 Å². The zero-order valence-electron chi connectivity index (χ0n) is 22.0. The van der Waals surface area contributed by atoms with Crippen LogP contribution in [0.1, 0.15) is 11.1 Å². The molecule has 210 valence electrons. The number of non-ortho nitro benzene ring substituents is 1. The second kappa shape index (κ2) is 14.6. The molecular formula is C28H29BrN4O7. The van der Waals surface area contributed by atoms with Crippen LogP contribution in [0.5, 0.6) is 11.5 Å². The molecule has 0 aliphatic heterocycles. The first-order valence-corrected chi connectivity index (χ1v) is 13.0. The van der Waals surface area contributed by atoms with Crippen molar-refractivity contribution in [2.75, 3.05) is 39.2 Å². The lowest BCUT2D eigenvalue weighted by Crippen LogP contribution is -2.45. The van der Waals surface area contributed by atoms with Crippen LogP contribution in [-0.4, -0.2) is 61.4 Å². The maximum atomic E-state index is 13.1. The van der Waals surface area contributed by atoms with E-state index in [2.05, 4.69) is 26.6 Å². The number of rotatable bonds is 13. The SMILES string of the molecule is COc1ccc(CCNC(=O)CN(CC(=O)Nc2ccc(Br)cc2)C(=O)Cc2ccc([N+](=O)[O-])cc2)cc1OC. The molecular weight excluding hydrogens is 584 g/mol. The Balaban J connectivity index is 1.64. The van der Waals surface area contributed by atoms with Gasteiger partial charge in [0, 0.05) is 28.8 Å². The lowest BCUT2D eigenvalue weighted by Gasteiger charge is -2.22. The Bertz CT molecular complexity index is 1350. The highest BCUT2D eigenvalue weighted by atomic mass is 79.9. The van der Waals surface area contributed by atoms with Crippen LogP contribution in [0, 0.1) is 10.1 Å². The molecule has 3 aromatic rings. The Kier molecular flexibility index (Phi) is 11.0. The Labute approximate surface area is 239 Å². The number of ether oxygens (including phenoxy) is 2. The molecule has 0 saturated heterocycles. The van der Waals surface area contributed by atoms with Crippen molar-refractivity contribution in [2.24, 2.45) is 0 Å². The van der Waals surface area contributed by atoms with Crippen molar-refractivity contribution in [1.82, 2.24) is 10.2 Å². The summed E-state index contributed by atoms with van der Waals surface area (Å²) in [5, 5.41) is 16.4. The summed E-state index contributed by atoms with van der Waals surface area (Å²) in [7, 11) is 3.09. The van der Waals surface area contributed by atoms with E-state index in [4.69, 9.17) is 9.47 Å². The highest BCUT2D eigenvalue weighted by Gasteiger charge is 2.21. The largest absolute Gasteiger partial charge is 0.493 e. The number of halogens is 1. The minimum atomic E-state index is -0.531. The van der Waals surface area contributed by atoms with Crippen LogP contribution in [0.25, 0.3) is 0 Å². The zero-order valence-corrected chi connectivity index (χ0v) is 23.6. The molecule has 0 aromatic heterocycles. The van der Waals surface area contributed by atoms with Crippen molar-refractivity contribution in [3.63, 3.8) is 0 Å². The highest BCUT2D eigenvalue weighted by Crippen LogP contribution is 2.27. The van der Waals surface area contributed by atoms with Gasteiger partial charge in [-0.3, -0.25) is 24.5 Å². The van der Waals surface area contributed by atoms with E-state index >= 15 is 0 Å². The molecule has 0 aliphatic rings. The second-order valence-corrected chi connectivity index (χ2v) is 9.61. The van der Waals surface area contributed by atoms with Crippen LogP contribution in [0.15, 0.2) is 71.2 Å². The lowest BCUT2D eigenvalue weighted by atomic mass is 10.1. The smallest absolute Gasteiger partial charge is 0.269 e. The molecule has 0 radical (unpaired) electrons. The summed E-state index contributed by atoms with van der Waals surface area (Å²) >= 11 is 3.33. The maximum Gasteiger partial charge on any atom is 0.269 e. The fraction of sp³-hybridized carbons (Fsp3) is 0.250. The molecule has 0 atom stereocenters. The first-order chi connectivity index (χ1) is 19.2. The molecule has 0 spiro atoms. The molecule has 0 bridgehead atoms. The summed E-state index contributed by atoms with van der Waals surface area (Å²) in [4.78, 5) is 50.2. The normalized spacial score (nSPS) is 10.4. The minimum absolute atomic E-state index is 0.101. The van der Waals surface area contributed by atoms with Crippen molar-refractivity contribution in [1.29, 1.82) is 0 Å². The summed E-state index contributed by atoms with van der Waals surface area (Å²) in [6.45, 7) is -0.403. The Hall–Kier alpha value is -4.45. The van der Waals surface area contributed by atoms with E-state index < -0.39 is 22.6 Å². The van der Waals surface area contributed by atoms with Crippen molar-refractivity contribution < 1.29 is 28.8 Å². The number of nitrogens with zero attached hydrogens (tertiary/aromatic N) is 2. The number of nitrogens with one attached hydrogen (secondary N) is 2. The molecule has 0 saturated carbocycles. The van der Waals surface area contributed by atoms with Crippen LogP contribution in [0.2, 0.25) is 0 Å². The Morgan fingerprint density at radius 1 is 0.875 bits per heavy atom. The van der Waals surface area contributed by atoms with Gasteiger partial charge < -0.3 is 25.0 Å². The van der Waals surface area contributed by atoms with Gasteiger partial charge in [0.05, 0.1) is 25.6 Å². The van der Waals surface area contributed by atoms with Crippen LogP contribution in [-0.2, 0) is 27.2 Å². The first-order valence-electron chi connectivity index (χ1n) is 12.2. The Morgan fingerprint density at radius 3 is 2.12 bits per heavy atom. The molecule has 3 aromatic carbocycles. The number of anilines is 1. The van der Waals surface area contributed by atoms with E-state index in [1.165, 1.54) is 24.3 Å². The van der Waals surface area contributed by atoms with Gasteiger partial charge in [0.1, 0.15) is 13.1 Å². The number of carbonyl (C=O) groups excluding carboxylic acids is 3. The quantitative estimate of drug-likeness (QED) is 0.221. The third-order valence-corrected chi connectivity index (χ3v) is 6.36. The van der Waals surface area contributed by atoms with Crippen LogP contribution in [0.3, 0.4) is 0 Å². The predicted molar refractivity (Wildman–Crippen MR) is 152 cm³/mol. The number of carbonyl (C=O) groups is 3. The van der Waals surface area contributed by atoms with Crippen molar-refractivity contribution in [2.45, 2.75) is 12.8 Å². The molecule has 3 amide bonds.